The number of nitrogens with one attached hydrogen (secondary N) is 1. The summed E-state index contributed by atoms with van der Waals surface area (Å²) < 4.78 is 7.11. The fraction of sp³-hybridized carbons (Fsp3) is 0.348. The monoisotopic (exact) mass is 424 g/mol. The average molecular weight is 425 g/mol. The molecule has 7 heteroatoms. The van der Waals surface area contributed by atoms with Crippen molar-refractivity contribution in [3.05, 3.63) is 60.2 Å². The van der Waals surface area contributed by atoms with Gasteiger partial charge in [-0.25, -0.2) is 0 Å². The van der Waals surface area contributed by atoms with Gasteiger partial charge in [0.2, 0.25) is 5.91 Å². The predicted molar refractivity (Wildman–Crippen MR) is 120 cm³/mol. The maximum Gasteiger partial charge on any atom is 0.230 e. The molecular formula is C23H28N4O2S. The van der Waals surface area contributed by atoms with Crippen LogP contribution in [0.2, 0.25) is 0 Å². The summed E-state index contributed by atoms with van der Waals surface area (Å²) in [5.74, 6) is 2.30. The molecule has 30 heavy (non-hydrogen) atoms. The summed E-state index contributed by atoms with van der Waals surface area (Å²) in [5, 5.41) is 12.4. The van der Waals surface area contributed by atoms with Gasteiger partial charge in [0.1, 0.15) is 5.75 Å². The highest BCUT2D eigenvalue weighted by molar-refractivity contribution is 7.99. The van der Waals surface area contributed by atoms with E-state index in [0.717, 1.165) is 29.1 Å². The van der Waals surface area contributed by atoms with Crippen molar-refractivity contribution in [1.82, 2.24) is 20.1 Å². The topological polar surface area (TPSA) is 69.0 Å². The van der Waals surface area contributed by atoms with Crippen LogP contribution in [0.1, 0.15) is 31.9 Å². The third kappa shape index (κ3) is 5.63. The summed E-state index contributed by atoms with van der Waals surface area (Å²) in [6.45, 7) is 4.33. The Bertz CT molecular complexity index is 955. The van der Waals surface area contributed by atoms with Crippen LogP contribution in [-0.4, -0.2) is 33.5 Å². The fourth-order valence-electron chi connectivity index (χ4n) is 3.23. The summed E-state index contributed by atoms with van der Waals surface area (Å²) in [6.07, 6.45) is 0.895. The molecule has 0 radical (unpaired) electrons. The molecular weight excluding hydrogens is 396 g/mol. The van der Waals surface area contributed by atoms with Crippen LogP contribution >= 0.6 is 11.8 Å². The van der Waals surface area contributed by atoms with Gasteiger partial charge in [0.25, 0.3) is 0 Å². The Morgan fingerprint density at radius 3 is 2.43 bits per heavy atom. The maximum atomic E-state index is 12.6. The van der Waals surface area contributed by atoms with Gasteiger partial charge in [-0.1, -0.05) is 55.9 Å². The number of benzene rings is 2. The van der Waals surface area contributed by atoms with Crippen molar-refractivity contribution < 1.29 is 9.53 Å². The first-order chi connectivity index (χ1) is 14.5. The van der Waals surface area contributed by atoms with E-state index in [1.165, 1.54) is 11.8 Å². The van der Waals surface area contributed by atoms with Crippen LogP contribution in [0, 0.1) is 5.92 Å². The number of rotatable bonds is 9. The molecule has 1 atom stereocenters. The van der Waals surface area contributed by atoms with Gasteiger partial charge in [0.15, 0.2) is 11.0 Å². The van der Waals surface area contributed by atoms with E-state index in [0.29, 0.717) is 11.1 Å². The lowest BCUT2D eigenvalue weighted by Gasteiger charge is -2.21. The number of ether oxygens (including phenoxy) is 1. The molecule has 0 saturated carbocycles. The number of hydrogen-bond acceptors (Lipinski definition) is 5. The Balaban J connectivity index is 1.63. The highest BCUT2D eigenvalue weighted by Crippen LogP contribution is 2.25. The van der Waals surface area contributed by atoms with Gasteiger partial charge >= 0.3 is 0 Å². The maximum absolute atomic E-state index is 12.6. The summed E-state index contributed by atoms with van der Waals surface area (Å²) in [4.78, 5) is 12.6. The number of carbonyl (C=O) groups is 1. The molecule has 3 rings (SSSR count). The Kier molecular flexibility index (Phi) is 7.52. The highest BCUT2D eigenvalue weighted by atomic mass is 32.2. The van der Waals surface area contributed by atoms with E-state index in [9.17, 15) is 4.79 Å². The van der Waals surface area contributed by atoms with Crippen LogP contribution in [0.25, 0.3) is 11.4 Å². The Morgan fingerprint density at radius 1 is 1.10 bits per heavy atom. The first kappa shape index (κ1) is 21.9. The molecule has 2 aromatic carbocycles. The lowest BCUT2D eigenvalue weighted by atomic mass is 9.97. The molecule has 1 heterocycles. The zero-order valence-electron chi connectivity index (χ0n) is 17.8. The van der Waals surface area contributed by atoms with Gasteiger partial charge in [-0.3, -0.25) is 4.79 Å². The van der Waals surface area contributed by atoms with Crippen LogP contribution in [0.4, 0.5) is 0 Å². The zero-order valence-corrected chi connectivity index (χ0v) is 18.6. The second kappa shape index (κ2) is 10.3. The molecule has 1 amide bonds. The van der Waals surface area contributed by atoms with Crippen molar-refractivity contribution in [2.45, 2.75) is 31.5 Å². The minimum absolute atomic E-state index is 0.00802. The van der Waals surface area contributed by atoms with Crippen LogP contribution in [-0.2, 0) is 11.8 Å². The van der Waals surface area contributed by atoms with E-state index < -0.39 is 0 Å². The molecule has 6 nitrogen and oxygen atoms in total. The van der Waals surface area contributed by atoms with Gasteiger partial charge in [0.05, 0.1) is 18.9 Å². The van der Waals surface area contributed by atoms with E-state index in [-0.39, 0.29) is 17.7 Å². The van der Waals surface area contributed by atoms with Gasteiger partial charge in [0, 0.05) is 12.6 Å². The number of nitrogens with zero attached hydrogens (tertiary/aromatic N) is 3. The van der Waals surface area contributed by atoms with Crippen molar-refractivity contribution in [2.75, 3.05) is 12.9 Å². The molecule has 1 aromatic heterocycles. The van der Waals surface area contributed by atoms with E-state index in [4.69, 9.17) is 4.74 Å². The molecule has 0 saturated heterocycles. The molecule has 0 spiro atoms. The number of amides is 1. The van der Waals surface area contributed by atoms with Crippen molar-refractivity contribution >= 4 is 17.7 Å². The Labute approximate surface area is 182 Å². The minimum Gasteiger partial charge on any atom is -0.497 e. The summed E-state index contributed by atoms with van der Waals surface area (Å²) >= 11 is 1.39. The van der Waals surface area contributed by atoms with Crippen molar-refractivity contribution in [3.63, 3.8) is 0 Å². The number of aromatic nitrogens is 3. The van der Waals surface area contributed by atoms with Crippen LogP contribution in [0.5, 0.6) is 5.75 Å². The second-order valence-corrected chi connectivity index (χ2v) is 8.49. The lowest BCUT2D eigenvalue weighted by Crippen LogP contribution is -2.31. The van der Waals surface area contributed by atoms with Crippen LogP contribution < -0.4 is 10.1 Å². The van der Waals surface area contributed by atoms with Crippen molar-refractivity contribution in [2.24, 2.45) is 13.0 Å². The van der Waals surface area contributed by atoms with Crippen LogP contribution in [0.3, 0.4) is 0 Å². The molecule has 0 unspecified atom stereocenters. The number of carbonyl (C=O) groups excluding carboxylic acids is 1. The third-order valence-corrected chi connectivity index (χ3v) is 5.78. The van der Waals surface area contributed by atoms with Gasteiger partial charge in [-0.2, -0.15) is 0 Å². The fourth-order valence-corrected chi connectivity index (χ4v) is 3.96. The first-order valence-electron chi connectivity index (χ1n) is 9.99. The van der Waals surface area contributed by atoms with E-state index >= 15 is 0 Å². The average Bonchev–Trinajstić information content (AvgIpc) is 3.12. The zero-order chi connectivity index (χ0) is 21.5. The minimum atomic E-state index is -0.0106. The number of hydrogen-bond donors (Lipinski definition) is 1. The smallest absolute Gasteiger partial charge is 0.230 e. The van der Waals surface area contributed by atoms with E-state index in [1.54, 1.807) is 7.11 Å². The Hall–Kier alpha value is -2.80. The standard InChI is InChI=1S/C23H28N4O2S/c1-16(2)14-20(17-8-6-5-7-9-17)24-21(28)15-30-23-26-25-22(27(23)3)18-10-12-19(29-4)13-11-18/h5-13,16,20H,14-15H2,1-4H3,(H,24,28)/t20-/m1/s1. The van der Waals surface area contributed by atoms with Crippen LogP contribution in [0.15, 0.2) is 59.8 Å². The normalized spacial score (nSPS) is 12.0. The van der Waals surface area contributed by atoms with E-state index in [1.807, 2.05) is 54.1 Å². The van der Waals surface area contributed by atoms with Gasteiger partial charge < -0.3 is 14.6 Å². The molecule has 0 fully saturated rings. The Morgan fingerprint density at radius 2 is 1.80 bits per heavy atom. The summed E-state index contributed by atoms with van der Waals surface area (Å²) in [6, 6.07) is 17.8. The van der Waals surface area contributed by atoms with Gasteiger partial charge in [-0.05, 0) is 42.2 Å². The first-order valence-corrected chi connectivity index (χ1v) is 11.0. The highest BCUT2D eigenvalue weighted by Gasteiger charge is 2.18. The van der Waals surface area contributed by atoms with E-state index in [2.05, 4.69) is 41.5 Å². The second-order valence-electron chi connectivity index (χ2n) is 7.54. The molecule has 1 N–H and O–H groups in total. The predicted octanol–water partition coefficient (Wildman–Crippen LogP) is 4.49. The molecule has 3 aromatic rings. The molecule has 0 aliphatic heterocycles. The third-order valence-electron chi connectivity index (χ3n) is 4.76. The molecule has 0 aliphatic carbocycles. The lowest BCUT2D eigenvalue weighted by molar-refractivity contribution is -0.119. The summed E-state index contributed by atoms with van der Waals surface area (Å²) in [5.41, 5.74) is 2.08. The molecule has 0 aliphatic rings. The van der Waals surface area contributed by atoms with Gasteiger partial charge in [-0.15, -0.1) is 10.2 Å². The quantitative estimate of drug-likeness (QED) is 0.513. The SMILES string of the molecule is COc1ccc(-c2nnc(SCC(=O)N[C@H](CC(C)C)c3ccccc3)n2C)cc1. The summed E-state index contributed by atoms with van der Waals surface area (Å²) in [7, 11) is 3.55. The van der Waals surface area contributed by atoms with Crippen molar-refractivity contribution in [1.29, 1.82) is 0 Å². The number of thioether (sulfide) groups is 1. The van der Waals surface area contributed by atoms with Crippen molar-refractivity contribution in [3.8, 4) is 17.1 Å². The molecule has 158 valence electrons. The largest absolute Gasteiger partial charge is 0.497 e. The molecule has 0 bridgehead atoms. The number of methoxy groups -OCH3 is 1.